The van der Waals surface area contributed by atoms with E-state index in [1.165, 1.54) is 0 Å². The highest BCUT2D eigenvalue weighted by Crippen LogP contribution is 2.28. The number of anilines is 2. The minimum atomic E-state index is -3.57. The number of benzene rings is 3. The summed E-state index contributed by atoms with van der Waals surface area (Å²) >= 11 is 0. The molecule has 0 radical (unpaired) electrons. The van der Waals surface area contributed by atoms with Gasteiger partial charge in [-0.25, -0.2) is 8.42 Å². The van der Waals surface area contributed by atoms with Gasteiger partial charge in [-0.3, -0.25) is 9.59 Å². The second-order valence-corrected chi connectivity index (χ2v) is 12.5. The first kappa shape index (κ1) is 25.9. The Kier molecular flexibility index (Phi) is 6.93. The lowest BCUT2D eigenvalue weighted by atomic mass is 9.99. The number of hydrogen-bond acceptors (Lipinski definition) is 7. The van der Waals surface area contributed by atoms with E-state index in [-0.39, 0.29) is 22.6 Å². The Balaban J connectivity index is 1.04. The second-order valence-electron chi connectivity index (χ2n) is 10.3. The monoisotopic (exact) mass is 555 g/mol. The molecule has 9 nitrogen and oxygen atoms in total. The fourth-order valence-electron chi connectivity index (χ4n) is 5.41. The van der Waals surface area contributed by atoms with E-state index < -0.39 is 15.1 Å². The molecule has 0 aliphatic carbocycles. The molecule has 0 spiro atoms. The fraction of sp³-hybridized carbons (Fsp3) is 0.267. The van der Waals surface area contributed by atoms with Gasteiger partial charge in [0.05, 0.1) is 16.1 Å². The number of fused-ring (bicyclic) bond motifs is 1. The molecule has 204 valence electrons. The largest absolute Gasteiger partial charge is 0.353 e. The molecule has 0 unspecified atom stereocenters. The van der Waals surface area contributed by atoms with Crippen molar-refractivity contribution in [3.05, 3.63) is 90.6 Å². The van der Waals surface area contributed by atoms with Gasteiger partial charge >= 0.3 is 0 Å². The molecule has 40 heavy (non-hydrogen) atoms. The third kappa shape index (κ3) is 5.02. The average molecular weight is 556 g/mol. The molecule has 0 saturated carbocycles. The van der Waals surface area contributed by atoms with E-state index in [1.54, 1.807) is 41.4 Å². The average Bonchev–Trinajstić information content (AvgIpc) is 2.96. The highest BCUT2D eigenvalue weighted by Gasteiger charge is 2.35. The zero-order valence-electron chi connectivity index (χ0n) is 21.8. The van der Waals surface area contributed by atoms with E-state index in [0.29, 0.717) is 50.3 Å². The van der Waals surface area contributed by atoms with Crippen LogP contribution in [0.3, 0.4) is 0 Å². The molecule has 2 aliphatic heterocycles. The van der Waals surface area contributed by atoms with Crippen molar-refractivity contribution in [1.29, 1.82) is 0 Å². The van der Waals surface area contributed by atoms with Gasteiger partial charge in [-0.05, 0) is 66.1 Å². The molecule has 4 aromatic rings. The first-order valence-electron chi connectivity index (χ1n) is 13.3. The van der Waals surface area contributed by atoms with Crippen molar-refractivity contribution in [3.8, 4) is 0 Å². The Morgan fingerprint density at radius 1 is 0.850 bits per heavy atom. The third-order valence-electron chi connectivity index (χ3n) is 7.77. The summed E-state index contributed by atoms with van der Waals surface area (Å²) in [6.07, 6.45) is 2.36. The topological polar surface area (TPSA) is 113 Å². The highest BCUT2D eigenvalue weighted by atomic mass is 32.2. The van der Waals surface area contributed by atoms with Gasteiger partial charge in [0.1, 0.15) is 0 Å². The van der Waals surface area contributed by atoms with E-state index in [1.807, 2.05) is 53.4 Å². The predicted molar refractivity (Wildman–Crippen MR) is 153 cm³/mol. The molecule has 6 rings (SSSR count). The molecule has 3 aromatic carbocycles. The molecule has 10 heteroatoms. The number of nitrogens with one attached hydrogen (secondary N) is 1. The van der Waals surface area contributed by atoms with Gasteiger partial charge in [0.25, 0.3) is 5.91 Å². The van der Waals surface area contributed by atoms with Gasteiger partial charge in [0, 0.05) is 43.6 Å². The number of carbonyl (C=O) groups excluding carboxylic acids is 2. The van der Waals surface area contributed by atoms with Crippen LogP contribution in [0.1, 0.15) is 23.2 Å². The summed E-state index contributed by atoms with van der Waals surface area (Å²) in [4.78, 5) is 29.9. The maximum Gasteiger partial charge on any atom is 0.254 e. The lowest BCUT2D eigenvalue weighted by Gasteiger charge is -2.38. The van der Waals surface area contributed by atoms with Crippen molar-refractivity contribution in [2.24, 2.45) is 5.92 Å². The number of hydrogen-bond donors (Lipinski definition) is 1. The van der Waals surface area contributed by atoms with Crippen LogP contribution in [0.5, 0.6) is 0 Å². The lowest BCUT2D eigenvalue weighted by molar-refractivity contribution is -0.120. The normalized spacial score (nSPS) is 16.5. The van der Waals surface area contributed by atoms with Crippen LogP contribution in [0.25, 0.3) is 10.8 Å². The Bertz CT molecular complexity index is 1640. The van der Waals surface area contributed by atoms with Gasteiger partial charge in [0.2, 0.25) is 5.91 Å². The SMILES string of the molecule is O=C(Nc1ccc(S(=O)(=O)C2CCN(C(=O)c3cccc4ccccc34)CC2)cc1)C1CN(c2cccnn2)C1. The van der Waals surface area contributed by atoms with Crippen LogP contribution in [0.4, 0.5) is 11.5 Å². The smallest absolute Gasteiger partial charge is 0.254 e. The van der Waals surface area contributed by atoms with Crippen LogP contribution in [0, 0.1) is 5.92 Å². The van der Waals surface area contributed by atoms with Crippen LogP contribution in [0.2, 0.25) is 0 Å². The second kappa shape index (κ2) is 10.7. The summed E-state index contributed by atoms with van der Waals surface area (Å²) in [5.41, 5.74) is 1.19. The zero-order valence-corrected chi connectivity index (χ0v) is 22.6. The number of likely N-dealkylation sites (tertiary alicyclic amines) is 1. The molecule has 0 atom stereocenters. The molecule has 2 amide bonds. The van der Waals surface area contributed by atoms with E-state index in [2.05, 4.69) is 15.5 Å². The summed E-state index contributed by atoms with van der Waals surface area (Å²) in [7, 11) is -3.57. The highest BCUT2D eigenvalue weighted by molar-refractivity contribution is 7.92. The van der Waals surface area contributed by atoms with Crippen molar-refractivity contribution in [2.45, 2.75) is 23.0 Å². The third-order valence-corrected chi connectivity index (χ3v) is 10.1. The Labute approximate surface area is 232 Å². The lowest BCUT2D eigenvalue weighted by Crippen LogP contribution is -2.52. The number of piperidine rings is 1. The van der Waals surface area contributed by atoms with Crippen molar-refractivity contribution in [3.63, 3.8) is 0 Å². The molecule has 2 fully saturated rings. The zero-order chi connectivity index (χ0) is 27.7. The molecule has 2 aliphatic rings. The summed E-state index contributed by atoms with van der Waals surface area (Å²) in [6, 6.07) is 23.5. The maximum absolute atomic E-state index is 13.4. The van der Waals surface area contributed by atoms with E-state index in [0.717, 1.165) is 16.6 Å². The standard InChI is InChI=1S/C30H29N5O4S/c36-29(22-19-35(20-22)28-9-4-16-31-33-28)32-23-10-12-24(13-11-23)40(38,39)25-14-17-34(18-15-25)30(37)27-8-3-6-21-5-1-2-7-26(21)27/h1-13,16,22,25H,14-15,17-20H2,(H,32,36). The van der Waals surface area contributed by atoms with Crippen molar-refractivity contribution < 1.29 is 18.0 Å². The van der Waals surface area contributed by atoms with Gasteiger partial charge in [0.15, 0.2) is 15.7 Å². The van der Waals surface area contributed by atoms with Crippen LogP contribution < -0.4 is 10.2 Å². The van der Waals surface area contributed by atoms with Gasteiger partial charge < -0.3 is 15.1 Å². The number of sulfone groups is 1. The van der Waals surface area contributed by atoms with Crippen LogP contribution in [-0.4, -0.2) is 66.8 Å². The Morgan fingerprint density at radius 2 is 1.57 bits per heavy atom. The summed E-state index contributed by atoms with van der Waals surface area (Å²) in [5, 5.41) is 12.1. The molecule has 1 aromatic heterocycles. The van der Waals surface area contributed by atoms with Crippen LogP contribution >= 0.6 is 0 Å². The molecule has 0 bridgehead atoms. The van der Waals surface area contributed by atoms with E-state index >= 15 is 0 Å². The first-order chi connectivity index (χ1) is 19.4. The number of aromatic nitrogens is 2. The number of nitrogens with zero attached hydrogens (tertiary/aromatic N) is 4. The van der Waals surface area contributed by atoms with E-state index in [4.69, 9.17) is 0 Å². The van der Waals surface area contributed by atoms with Gasteiger partial charge in [-0.2, -0.15) is 5.10 Å². The summed E-state index contributed by atoms with van der Waals surface area (Å²) in [6.45, 7) is 1.87. The van der Waals surface area contributed by atoms with Crippen LogP contribution in [-0.2, 0) is 14.6 Å². The van der Waals surface area contributed by atoms with Gasteiger partial charge in [-0.15, -0.1) is 5.10 Å². The number of amides is 2. The maximum atomic E-state index is 13.4. The fourth-order valence-corrected chi connectivity index (χ4v) is 7.14. The number of carbonyl (C=O) groups is 2. The van der Waals surface area contributed by atoms with Crippen molar-refractivity contribution in [2.75, 3.05) is 36.4 Å². The molecular formula is C30H29N5O4S. The van der Waals surface area contributed by atoms with Gasteiger partial charge in [-0.1, -0.05) is 36.4 Å². The number of rotatable bonds is 6. The quantitative estimate of drug-likeness (QED) is 0.385. The summed E-state index contributed by atoms with van der Waals surface area (Å²) < 4.78 is 26.7. The molecular weight excluding hydrogens is 526 g/mol. The minimum absolute atomic E-state index is 0.0703. The summed E-state index contributed by atoms with van der Waals surface area (Å²) in [5.74, 6) is 0.384. The minimum Gasteiger partial charge on any atom is -0.353 e. The van der Waals surface area contributed by atoms with Crippen molar-refractivity contribution in [1.82, 2.24) is 15.1 Å². The molecule has 2 saturated heterocycles. The molecule has 1 N–H and O–H groups in total. The van der Waals surface area contributed by atoms with Crippen molar-refractivity contribution >= 4 is 43.9 Å². The molecule has 3 heterocycles. The van der Waals surface area contributed by atoms with Crippen LogP contribution in [0.15, 0.2) is 90.0 Å². The first-order valence-corrected chi connectivity index (χ1v) is 14.9. The Morgan fingerprint density at radius 3 is 2.30 bits per heavy atom. The predicted octanol–water partition coefficient (Wildman–Crippen LogP) is 3.78. The van der Waals surface area contributed by atoms with E-state index in [9.17, 15) is 18.0 Å². The Hall–Kier alpha value is -4.31.